The second kappa shape index (κ2) is 9.34. The van der Waals surface area contributed by atoms with Gasteiger partial charge in [0.25, 0.3) is 0 Å². The summed E-state index contributed by atoms with van der Waals surface area (Å²) in [6, 6.07) is -0.604. The van der Waals surface area contributed by atoms with Crippen LogP contribution >= 0.6 is 11.8 Å². The van der Waals surface area contributed by atoms with Gasteiger partial charge in [0, 0.05) is 6.54 Å². The molecule has 0 aliphatic carbocycles. The summed E-state index contributed by atoms with van der Waals surface area (Å²) in [5, 5.41) is 2.91. The summed E-state index contributed by atoms with van der Waals surface area (Å²) < 4.78 is 0. The van der Waals surface area contributed by atoms with E-state index < -0.39 is 0 Å². The Bertz CT molecular complexity index is 347. The van der Waals surface area contributed by atoms with Crippen molar-refractivity contribution >= 4 is 23.6 Å². The molecule has 0 saturated carbocycles. The van der Waals surface area contributed by atoms with Gasteiger partial charge in [0.1, 0.15) is 12.1 Å². The zero-order chi connectivity index (χ0) is 15.8. The quantitative estimate of drug-likeness (QED) is 0.666. The van der Waals surface area contributed by atoms with E-state index in [9.17, 15) is 9.59 Å². The first-order valence-corrected chi connectivity index (χ1v) is 9.50. The topological polar surface area (TPSA) is 49.4 Å². The fraction of sp³-hybridized carbons (Fsp3) is 0.875. The lowest BCUT2D eigenvalue weighted by molar-refractivity contribution is -0.150. The van der Waals surface area contributed by atoms with Gasteiger partial charge in [-0.1, -0.05) is 27.2 Å². The van der Waals surface area contributed by atoms with E-state index in [-0.39, 0.29) is 23.9 Å². The monoisotopic (exact) mass is 314 g/mol. The predicted molar refractivity (Wildman–Crippen MR) is 89.4 cm³/mol. The molecule has 0 spiro atoms. The van der Waals surface area contributed by atoms with Crippen molar-refractivity contribution in [2.24, 2.45) is 5.92 Å². The summed E-state index contributed by atoms with van der Waals surface area (Å²) in [4.78, 5) is 26.6. The molecule has 0 bridgehead atoms. The molecular weight excluding hydrogens is 284 g/mol. The molecule has 21 heavy (non-hydrogen) atoms. The van der Waals surface area contributed by atoms with E-state index in [0.29, 0.717) is 18.9 Å². The average molecular weight is 314 g/mol. The SMILES string of the molecule is CCC1C(=O)NC(CC(C)C)C(=O)N1CCCCCSC. The van der Waals surface area contributed by atoms with Gasteiger partial charge in [-0.05, 0) is 43.6 Å². The average Bonchev–Trinajstić information content (AvgIpc) is 2.42. The number of rotatable bonds is 9. The van der Waals surface area contributed by atoms with Gasteiger partial charge in [0.15, 0.2) is 0 Å². The van der Waals surface area contributed by atoms with Crippen molar-refractivity contribution in [1.29, 1.82) is 0 Å². The van der Waals surface area contributed by atoms with Crippen molar-refractivity contribution < 1.29 is 9.59 Å². The van der Waals surface area contributed by atoms with Crippen LogP contribution in [0.1, 0.15) is 52.9 Å². The third-order valence-electron chi connectivity index (χ3n) is 3.92. The molecule has 1 saturated heterocycles. The lowest BCUT2D eigenvalue weighted by Gasteiger charge is -2.39. The summed E-state index contributed by atoms with van der Waals surface area (Å²) >= 11 is 1.86. The first-order valence-electron chi connectivity index (χ1n) is 8.11. The van der Waals surface area contributed by atoms with Gasteiger partial charge >= 0.3 is 0 Å². The minimum atomic E-state index is -0.327. The normalized spacial score (nSPS) is 22.8. The minimum Gasteiger partial charge on any atom is -0.342 e. The third-order valence-corrected chi connectivity index (χ3v) is 4.61. The number of nitrogens with one attached hydrogen (secondary N) is 1. The molecule has 2 atom stereocenters. The van der Waals surface area contributed by atoms with Crippen molar-refractivity contribution in [3.63, 3.8) is 0 Å². The maximum absolute atomic E-state index is 12.6. The molecule has 4 nitrogen and oxygen atoms in total. The van der Waals surface area contributed by atoms with Crippen LogP contribution in [0.15, 0.2) is 0 Å². The first-order chi connectivity index (χ1) is 10.0. The van der Waals surface area contributed by atoms with Gasteiger partial charge in [0.05, 0.1) is 0 Å². The van der Waals surface area contributed by atoms with Gasteiger partial charge in [-0.25, -0.2) is 0 Å². The van der Waals surface area contributed by atoms with Crippen LogP contribution in [-0.2, 0) is 9.59 Å². The number of hydrogen-bond donors (Lipinski definition) is 1. The number of thioether (sulfide) groups is 1. The van der Waals surface area contributed by atoms with Gasteiger partial charge < -0.3 is 10.2 Å². The predicted octanol–water partition coefficient (Wildman–Crippen LogP) is 2.67. The fourth-order valence-corrected chi connectivity index (χ4v) is 3.33. The van der Waals surface area contributed by atoms with E-state index in [1.165, 1.54) is 12.2 Å². The molecule has 1 rings (SSSR count). The zero-order valence-corrected chi connectivity index (χ0v) is 14.7. The van der Waals surface area contributed by atoms with Crippen LogP contribution < -0.4 is 5.32 Å². The number of piperazine rings is 1. The Morgan fingerprint density at radius 3 is 2.52 bits per heavy atom. The smallest absolute Gasteiger partial charge is 0.245 e. The van der Waals surface area contributed by atoms with Gasteiger partial charge in [0.2, 0.25) is 11.8 Å². The minimum absolute atomic E-state index is 0.0202. The number of amides is 2. The van der Waals surface area contributed by atoms with Crippen LogP contribution in [-0.4, -0.2) is 47.4 Å². The second-order valence-electron chi connectivity index (χ2n) is 6.20. The van der Waals surface area contributed by atoms with Crippen molar-refractivity contribution in [3.05, 3.63) is 0 Å². The largest absolute Gasteiger partial charge is 0.342 e. The molecule has 1 aliphatic rings. The molecule has 122 valence electrons. The first kappa shape index (κ1) is 18.3. The molecule has 2 unspecified atom stereocenters. The van der Waals surface area contributed by atoms with E-state index in [2.05, 4.69) is 25.4 Å². The van der Waals surface area contributed by atoms with Crippen molar-refractivity contribution in [2.45, 2.75) is 65.0 Å². The Labute approximate surface area is 133 Å². The van der Waals surface area contributed by atoms with E-state index in [1.54, 1.807) is 0 Å². The van der Waals surface area contributed by atoms with Crippen LogP contribution in [0, 0.1) is 5.92 Å². The molecule has 1 N–H and O–H groups in total. The van der Waals surface area contributed by atoms with Crippen LogP contribution in [0.5, 0.6) is 0 Å². The molecule has 1 aliphatic heterocycles. The molecule has 0 aromatic heterocycles. The summed E-state index contributed by atoms with van der Waals surface area (Å²) in [5.74, 6) is 1.70. The highest BCUT2D eigenvalue weighted by Gasteiger charge is 2.39. The number of nitrogens with zero attached hydrogens (tertiary/aromatic N) is 1. The van der Waals surface area contributed by atoms with Crippen LogP contribution in [0.4, 0.5) is 0 Å². The lowest BCUT2D eigenvalue weighted by Crippen LogP contribution is -2.63. The standard InChI is InChI=1S/C16H30N2O2S/c1-5-14-15(19)17-13(11-12(2)3)16(20)18(14)9-7-6-8-10-21-4/h12-14H,5-11H2,1-4H3,(H,17,19). The fourth-order valence-electron chi connectivity index (χ4n) is 2.83. The maximum Gasteiger partial charge on any atom is 0.245 e. The van der Waals surface area contributed by atoms with Gasteiger partial charge in [-0.15, -0.1) is 0 Å². The van der Waals surface area contributed by atoms with Gasteiger partial charge in [-0.2, -0.15) is 11.8 Å². The Balaban J connectivity index is 2.61. The van der Waals surface area contributed by atoms with Crippen LogP contribution in [0.3, 0.4) is 0 Å². The Morgan fingerprint density at radius 2 is 1.95 bits per heavy atom. The van der Waals surface area contributed by atoms with Crippen LogP contribution in [0.25, 0.3) is 0 Å². The van der Waals surface area contributed by atoms with E-state index in [1.807, 2.05) is 23.6 Å². The third kappa shape index (κ3) is 5.53. The molecular formula is C16H30N2O2S. The summed E-state index contributed by atoms with van der Waals surface area (Å²) in [7, 11) is 0. The summed E-state index contributed by atoms with van der Waals surface area (Å²) in [6.45, 7) is 6.85. The highest BCUT2D eigenvalue weighted by atomic mass is 32.2. The second-order valence-corrected chi connectivity index (χ2v) is 7.19. The highest BCUT2D eigenvalue weighted by Crippen LogP contribution is 2.18. The number of hydrogen-bond acceptors (Lipinski definition) is 3. The molecule has 1 fully saturated rings. The van der Waals surface area contributed by atoms with Gasteiger partial charge in [-0.3, -0.25) is 9.59 Å². The van der Waals surface area contributed by atoms with Crippen LogP contribution in [0.2, 0.25) is 0 Å². The highest BCUT2D eigenvalue weighted by molar-refractivity contribution is 7.98. The van der Waals surface area contributed by atoms with E-state index in [4.69, 9.17) is 0 Å². The Morgan fingerprint density at radius 1 is 1.24 bits per heavy atom. The Kier molecular flexibility index (Phi) is 8.15. The van der Waals surface area contributed by atoms with Crippen molar-refractivity contribution in [1.82, 2.24) is 10.2 Å². The Hall–Kier alpha value is -0.710. The lowest BCUT2D eigenvalue weighted by atomic mass is 9.97. The zero-order valence-electron chi connectivity index (χ0n) is 13.9. The number of carbonyl (C=O) groups excluding carboxylic acids is 2. The van der Waals surface area contributed by atoms with Crippen molar-refractivity contribution in [2.75, 3.05) is 18.6 Å². The number of carbonyl (C=O) groups is 2. The molecule has 0 radical (unpaired) electrons. The summed E-state index contributed by atoms with van der Waals surface area (Å²) in [5.41, 5.74) is 0. The number of unbranched alkanes of at least 4 members (excludes halogenated alkanes) is 2. The van der Waals surface area contributed by atoms with E-state index >= 15 is 0 Å². The molecule has 5 heteroatoms. The summed E-state index contributed by atoms with van der Waals surface area (Å²) in [6.07, 6.45) is 6.83. The molecule has 1 heterocycles. The molecule has 0 aromatic carbocycles. The van der Waals surface area contributed by atoms with E-state index in [0.717, 1.165) is 19.3 Å². The molecule has 0 aromatic rings. The molecule has 2 amide bonds. The van der Waals surface area contributed by atoms with Crippen molar-refractivity contribution in [3.8, 4) is 0 Å². The maximum atomic E-state index is 12.6.